The van der Waals surface area contributed by atoms with E-state index in [4.69, 9.17) is 14.2 Å². The van der Waals surface area contributed by atoms with E-state index in [-0.39, 0.29) is 31.1 Å². The molecule has 0 aliphatic heterocycles. The SMILES string of the molecule is CC/C=C\C/C=C\C/C=C\C/C=C\C/C=C\C/C=C\CCCCC(=O)OCC(COC(=O)CCCCC/C=C\C/C=C\C/C=C\CC)OC(=O)CCCCCCCCCCCCCCCC. The Balaban J connectivity index is 4.48. The van der Waals surface area contributed by atoms with Gasteiger partial charge in [-0.15, -0.1) is 0 Å². The van der Waals surface area contributed by atoms with E-state index >= 15 is 0 Å². The van der Waals surface area contributed by atoms with E-state index in [0.29, 0.717) is 25.7 Å². The van der Waals surface area contributed by atoms with Crippen molar-refractivity contribution in [3.05, 3.63) is 109 Å². The molecule has 0 bridgehead atoms. The van der Waals surface area contributed by atoms with E-state index in [0.717, 1.165) is 116 Å². The van der Waals surface area contributed by atoms with Crippen molar-refractivity contribution in [2.24, 2.45) is 0 Å². The lowest BCUT2D eigenvalue weighted by Crippen LogP contribution is -2.30. The van der Waals surface area contributed by atoms with Crippen LogP contribution in [0.2, 0.25) is 0 Å². The van der Waals surface area contributed by atoms with Crippen molar-refractivity contribution in [3.63, 3.8) is 0 Å². The van der Waals surface area contributed by atoms with Gasteiger partial charge in [-0.2, -0.15) is 0 Å². The number of allylic oxidation sites excluding steroid dienone is 18. The van der Waals surface area contributed by atoms with Crippen molar-refractivity contribution in [1.82, 2.24) is 0 Å². The maximum absolute atomic E-state index is 12.8. The zero-order valence-electron chi connectivity index (χ0n) is 42.7. The smallest absolute Gasteiger partial charge is 0.306 e. The van der Waals surface area contributed by atoms with Crippen molar-refractivity contribution in [2.75, 3.05) is 13.2 Å². The molecule has 0 aromatic carbocycles. The van der Waals surface area contributed by atoms with Crippen LogP contribution >= 0.6 is 0 Å². The first kappa shape index (κ1) is 62.1. The molecule has 0 amide bonds. The van der Waals surface area contributed by atoms with Crippen LogP contribution in [0.1, 0.15) is 233 Å². The molecule has 0 saturated heterocycles. The fraction of sp³-hybridized carbons (Fsp3) is 0.650. The number of hydrogen-bond acceptors (Lipinski definition) is 6. The molecule has 6 heteroatoms. The lowest BCUT2D eigenvalue weighted by molar-refractivity contribution is -0.167. The third kappa shape index (κ3) is 51.1. The minimum Gasteiger partial charge on any atom is -0.462 e. The highest BCUT2D eigenvalue weighted by atomic mass is 16.6. The largest absolute Gasteiger partial charge is 0.462 e. The average molecular weight is 915 g/mol. The predicted molar refractivity (Wildman–Crippen MR) is 283 cm³/mol. The molecule has 1 unspecified atom stereocenters. The number of carbonyl (C=O) groups is 3. The van der Waals surface area contributed by atoms with Crippen LogP contribution in [0.3, 0.4) is 0 Å². The maximum Gasteiger partial charge on any atom is 0.306 e. The van der Waals surface area contributed by atoms with E-state index in [1.54, 1.807) is 0 Å². The number of rotatable bonds is 47. The van der Waals surface area contributed by atoms with Gasteiger partial charge in [-0.05, 0) is 103 Å². The lowest BCUT2D eigenvalue weighted by atomic mass is 10.0. The molecule has 0 spiro atoms. The van der Waals surface area contributed by atoms with Gasteiger partial charge in [0.05, 0.1) is 0 Å². The lowest BCUT2D eigenvalue weighted by Gasteiger charge is -2.18. The standard InChI is InChI=1S/C60H98O6/c1-4-7-10-13-16-19-22-25-27-28-29-30-31-32-33-36-38-41-44-47-50-53-59(62)65-56-57(55-64-58(61)52-49-46-43-40-37-34-24-21-18-15-12-9-6-3)66-60(63)54-51-48-45-42-39-35-26-23-20-17-14-11-8-5-2/h7,9-10,12,16,18-19,21,25,27,29-30,32-34,37-38,41,57H,4-6,8,11,13-15,17,20,22-24,26,28,31,35-36,39-40,42-56H2,1-3H3/b10-7-,12-9-,19-16-,21-18-,27-25-,30-29-,33-32-,37-34-,41-38-. The van der Waals surface area contributed by atoms with Gasteiger partial charge in [-0.3, -0.25) is 14.4 Å². The zero-order chi connectivity index (χ0) is 47.9. The van der Waals surface area contributed by atoms with Crippen molar-refractivity contribution in [3.8, 4) is 0 Å². The van der Waals surface area contributed by atoms with E-state index in [1.165, 1.54) is 70.6 Å². The van der Waals surface area contributed by atoms with Crippen molar-refractivity contribution < 1.29 is 28.6 Å². The molecule has 0 aromatic heterocycles. The summed E-state index contributed by atoms with van der Waals surface area (Å²) >= 11 is 0. The highest BCUT2D eigenvalue weighted by Gasteiger charge is 2.19. The topological polar surface area (TPSA) is 78.9 Å². The maximum atomic E-state index is 12.8. The van der Waals surface area contributed by atoms with E-state index in [2.05, 4.69) is 130 Å². The monoisotopic (exact) mass is 915 g/mol. The first-order valence-corrected chi connectivity index (χ1v) is 26.9. The van der Waals surface area contributed by atoms with Crippen molar-refractivity contribution in [2.45, 2.75) is 239 Å². The Morgan fingerprint density at radius 2 is 0.591 bits per heavy atom. The van der Waals surface area contributed by atoms with E-state index in [9.17, 15) is 14.4 Å². The second-order valence-corrected chi connectivity index (χ2v) is 17.4. The summed E-state index contributed by atoms with van der Waals surface area (Å²) in [5, 5.41) is 0. The van der Waals surface area contributed by atoms with Crippen molar-refractivity contribution >= 4 is 17.9 Å². The molecule has 0 heterocycles. The molecular weight excluding hydrogens is 817 g/mol. The third-order valence-corrected chi connectivity index (χ3v) is 11.0. The molecule has 66 heavy (non-hydrogen) atoms. The van der Waals surface area contributed by atoms with Gasteiger partial charge in [0.15, 0.2) is 6.10 Å². The Hall–Kier alpha value is -3.93. The van der Waals surface area contributed by atoms with Crippen LogP contribution in [0.4, 0.5) is 0 Å². The molecule has 1 atom stereocenters. The van der Waals surface area contributed by atoms with Crippen LogP contribution in [-0.4, -0.2) is 37.2 Å². The summed E-state index contributed by atoms with van der Waals surface area (Å²) < 4.78 is 16.8. The Labute approximate surface area is 406 Å². The minimum absolute atomic E-state index is 0.107. The van der Waals surface area contributed by atoms with Gasteiger partial charge < -0.3 is 14.2 Å². The van der Waals surface area contributed by atoms with Gasteiger partial charge in [-0.1, -0.05) is 220 Å². The third-order valence-electron chi connectivity index (χ3n) is 11.0. The Bertz CT molecular complexity index is 1370. The highest BCUT2D eigenvalue weighted by Crippen LogP contribution is 2.15. The van der Waals surface area contributed by atoms with Crippen LogP contribution in [0, 0.1) is 0 Å². The fourth-order valence-electron chi connectivity index (χ4n) is 7.05. The normalized spacial score (nSPS) is 13.0. The quantitative estimate of drug-likeness (QED) is 0.0262. The Morgan fingerprint density at radius 1 is 0.318 bits per heavy atom. The molecule has 0 fully saturated rings. The summed E-state index contributed by atoms with van der Waals surface area (Å²) in [5.74, 6) is -0.980. The average Bonchev–Trinajstić information content (AvgIpc) is 3.31. The zero-order valence-corrected chi connectivity index (χ0v) is 42.7. The summed E-state index contributed by atoms with van der Waals surface area (Å²) in [7, 11) is 0. The number of hydrogen-bond donors (Lipinski definition) is 0. The van der Waals surface area contributed by atoms with Crippen LogP contribution in [0.15, 0.2) is 109 Å². The van der Waals surface area contributed by atoms with Gasteiger partial charge in [-0.25, -0.2) is 0 Å². The molecule has 0 saturated carbocycles. The Morgan fingerprint density at radius 3 is 0.955 bits per heavy atom. The van der Waals surface area contributed by atoms with Gasteiger partial charge in [0.25, 0.3) is 0 Å². The summed E-state index contributed by atoms with van der Waals surface area (Å²) in [6, 6.07) is 0. The molecule has 0 aliphatic carbocycles. The first-order valence-electron chi connectivity index (χ1n) is 26.9. The van der Waals surface area contributed by atoms with Gasteiger partial charge in [0, 0.05) is 19.3 Å². The van der Waals surface area contributed by atoms with E-state index < -0.39 is 6.10 Å². The molecule has 0 rings (SSSR count). The van der Waals surface area contributed by atoms with Crippen LogP contribution in [0.25, 0.3) is 0 Å². The Kier molecular flexibility index (Phi) is 50.5. The number of ether oxygens (including phenoxy) is 3. The highest BCUT2D eigenvalue weighted by molar-refractivity contribution is 5.71. The summed E-state index contributed by atoms with van der Waals surface area (Å²) in [5.41, 5.74) is 0. The fourth-order valence-corrected chi connectivity index (χ4v) is 7.05. The molecule has 0 radical (unpaired) electrons. The molecule has 374 valence electrons. The van der Waals surface area contributed by atoms with Gasteiger partial charge in [0.2, 0.25) is 0 Å². The van der Waals surface area contributed by atoms with Crippen LogP contribution in [-0.2, 0) is 28.6 Å². The molecule has 6 nitrogen and oxygen atoms in total. The number of unbranched alkanes of at least 4 members (excludes halogenated alkanes) is 18. The summed E-state index contributed by atoms with van der Waals surface area (Å²) in [6.07, 6.45) is 72.2. The minimum atomic E-state index is -0.808. The van der Waals surface area contributed by atoms with E-state index in [1.807, 2.05) is 0 Å². The number of esters is 3. The second kappa shape index (κ2) is 53.7. The molecule has 0 N–H and O–H groups in total. The molecular formula is C60H98O6. The summed E-state index contributed by atoms with van der Waals surface area (Å²) in [4.78, 5) is 38.0. The van der Waals surface area contributed by atoms with Gasteiger partial charge >= 0.3 is 17.9 Å². The second-order valence-electron chi connectivity index (χ2n) is 17.4. The van der Waals surface area contributed by atoms with Crippen LogP contribution in [0.5, 0.6) is 0 Å². The van der Waals surface area contributed by atoms with Crippen LogP contribution < -0.4 is 0 Å². The molecule has 0 aliphatic rings. The summed E-state index contributed by atoms with van der Waals surface area (Å²) in [6.45, 7) is 6.34. The predicted octanol–water partition coefficient (Wildman–Crippen LogP) is 17.9. The van der Waals surface area contributed by atoms with Gasteiger partial charge in [0.1, 0.15) is 13.2 Å². The van der Waals surface area contributed by atoms with Crippen molar-refractivity contribution in [1.29, 1.82) is 0 Å². The first-order chi connectivity index (χ1) is 32.5. The molecule has 0 aromatic rings. The number of carbonyl (C=O) groups excluding carboxylic acids is 3.